The quantitative estimate of drug-likeness (QED) is 0.879. The average Bonchev–Trinajstić information content (AvgIpc) is 2.90. The molecule has 1 aliphatic rings. The van der Waals surface area contributed by atoms with Crippen LogP contribution in [0.25, 0.3) is 0 Å². The summed E-state index contributed by atoms with van der Waals surface area (Å²) in [7, 11) is 1.63. The number of ether oxygens (including phenoxy) is 1. The third-order valence-electron chi connectivity index (χ3n) is 3.79. The van der Waals surface area contributed by atoms with E-state index < -0.39 is 0 Å². The van der Waals surface area contributed by atoms with Crippen LogP contribution in [-0.4, -0.2) is 17.9 Å². The van der Waals surface area contributed by atoms with E-state index >= 15 is 0 Å². The number of benzene rings is 2. The Morgan fingerprint density at radius 2 is 2.00 bits per heavy atom. The SMILES string of the molecule is COc1cccc(CC(=O)N2Cc3ccc(N)cc3C2)c1. The number of hydrogen-bond acceptors (Lipinski definition) is 3. The summed E-state index contributed by atoms with van der Waals surface area (Å²) in [6.45, 7) is 1.31. The molecular formula is C17H18N2O2. The molecule has 0 saturated carbocycles. The fourth-order valence-corrected chi connectivity index (χ4v) is 2.66. The van der Waals surface area contributed by atoms with Crippen LogP contribution in [0.4, 0.5) is 5.69 Å². The summed E-state index contributed by atoms with van der Waals surface area (Å²) in [6, 6.07) is 13.5. The summed E-state index contributed by atoms with van der Waals surface area (Å²) in [6.07, 6.45) is 0.390. The van der Waals surface area contributed by atoms with Crippen molar-refractivity contribution in [2.24, 2.45) is 0 Å². The van der Waals surface area contributed by atoms with Gasteiger partial charge in [0.25, 0.3) is 0 Å². The molecule has 0 radical (unpaired) electrons. The van der Waals surface area contributed by atoms with E-state index in [0.29, 0.717) is 19.5 Å². The lowest BCUT2D eigenvalue weighted by Gasteiger charge is -2.15. The van der Waals surface area contributed by atoms with E-state index in [2.05, 4.69) is 0 Å². The van der Waals surface area contributed by atoms with Gasteiger partial charge in [-0.25, -0.2) is 0 Å². The second kappa shape index (κ2) is 5.48. The Bertz CT molecular complexity index is 682. The topological polar surface area (TPSA) is 55.6 Å². The molecule has 1 amide bonds. The number of nitrogens with two attached hydrogens (primary N) is 1. The highest BCUT2D eigenvalue weighted by Gasteiger charge is 2.23. The second-order valence-electron chi connectivity index (χ2n) is 5.31. The molecule has 1 aliphatic heterocycles. The van der Waals surface area contributed by atoms with Gasteiger partial charge in [-0.3, -0.25) is 4.79 Å². The van der Waals surface area contributed by atoms with Crippen LogP contribution in [0.1, 0.15) is 16.7 Å². The van der Waals surface area contributed by atoms with Gasteiger partial charge in [-0.15, -0.1) is 0 Å². The molecule has 0 spiro atoms. The number of fused-ring (bicyclic) bond motifs is 1. The van der Waals surface area contributed by atoms with Crippen LogP contribution in [-0.2, 0) is 24.3 Å². The first-order valence-corrected chi connectivity index (χ1v) is 6.93. The monoisotopic (exact) mass is 282 g/mol. The van der Waals surface area contributed by atoms with Gasteiger partial charge in [0.2, 0.25) is 5.91 Å². The Morgan fingerprint density at radius 3 is 2.81 bits per heavy atom. The molecule has 21 heavy (non-hydrogen) atoms. The summed E-state index contributed by atoms with van der Waals surface area (Å²) < 4.78 is 5.19. The van der Waals surface area contributed by atoms with Crippen molar-refractivity contribution < 1.29 is 9.53 Å². The smallest absolute Gasteiger partial charge is 0.227 e. The van der Waals surface area contributed by atoms with Crippen molar-refractivity contribution in [1.82, 2.24) is 4.90 Å². The molecule has 4 nitrogen and oxygen atoms in total. The summed E-state index contributed by atoms with van der Waals surface area (Å²) in [5.41, 5.74) is 9.83. The summed E-state index contributed by atoms with van der Waals surface area (Å²) in [5, 5.41) is 0. The Hall–Kier alpha value is -2.49. The van der Waals surface area contributed by atoms with Crippen LogP contribution in [0.5, 0.6) is 5.75 Å². The Kier molecular flexibility index (Phi) is 3.52. The maximum atomic E-state index is 12.4. The van der Waals surface area contributed by atoms with Gasteiger partial charge in [0.15, 0.2) is 0 Å². The first-order valence-electron chi connectivity index (χ1n) is 6.93. The van der Waals surface area contributed by atoms with Gasteiger partial charge in [-0.2, -0.15) is 0 Å². The van der Waals surface area contributed by atoms with Gasteiger partial charge in [-0.05, 0) is 41.0 Å². The van der Waals surface area contributed by atoms with E-state index in [4.69, 9.17) is 10.5 Å². The lowest BCUT2D eigenvalue weighted by Crippen LogP contribution is -2.26. The standard InChI is InChI=1S/C17H18N2O2/c1-21-16-4-2-3-12(7-16)8-17(20)19-10-13-5-6-15(18)9-14(13)11-19/h2-7,9H,8,10-11,18H2,1H3. The molecule has 2 aromatic rings. The first kappa shape index (κ1) is 13.5. The molecule has 0 atom stereocenters. The van der Waals surface area contributed by atoms with E-state index in [-0.39, 0.29) is 5.91 Å². The van der Waals surface area contributed by atoms with Crippen LogP contribution < -0.4 is 10.5 Å². The predicted molar refractivity (Wildman–Crippen MR) is 81.8 cm³/mol. The number of carbonyl (C=O) groups excluding carboxylic acids is 1. The minimum absolute atomic E-state index is 0.123. The van der Waals surface area contributed by atoms with Crippen molar-refractivity contribution in [3.05, 3.63) is 59.2 Å². The van der Waals surface area contributed by atoms with Crippen LogP contribution >= 0.6 is 0 Å². The Morgan fingerprint density at radius 1 is 1.19 bits per heavy atom. The largest absolute Gasteiger partial charge is 0.497 e. The van der Waals surface area contributed by atoms with E-state index in [1.54, 1.807) is 7.11 Å². The van der Waals surface area contributed by atoms with Gasteiger partial charge >= 0.3 is 0 Å². The average molecular weight is 282 g/mol. The molecule has 0 fully saturated rings. The number of methoxy groups -OCH3 is 1. The lowest BCUT2D eigenvalue weighted by atomic mass is 10.1. The van der Waals surface area contributed by atoms with Crippen molar-refractivity contribution in [3.63, 3.8) is 0 Å². The minimum atomic E-state index is 0.123. The number of nitrogens with zero attached hydrogens (tertiary/aromatic N) is 1. The fraction of sp³-hybridized carbons (Fsp3) is 0.235. The molecule has 0 aromatic heterocycles. The summed E-state index contributed by atoms with van der Waals surface area (Å²) >= 11 is 0. The fourth-order valence-electron chi connectivity index (χ4n) is 2.66. The third kappa shape index (κ3) is 2.84. The summed E-state index contributed by atoms with van der Waals surface area (Å²) in [4.78, 5) is 14.3. The van der Waals surface area contributed by atoms with Crippen molar-refractivity contribution in [1.29, 1.82) is 0 Å². The van der Waals surface area contributed by atoms with Crippen molar-refractivity contribution in [3.8, 4) is 5.75 Å². The Labute approximate surface area is 124 Å². The van der Waals surface area contributed by atoms with Gasteiger partial charge in [-0.1, -0.05) is 18.2 Å². The van der Waals surface area contributed by atoms with Gasteiger partial charge in [0, 0.05) is 18.8 Å². The molecular weight excluding hydrogens is 264 g/mol. The predicted octanol–water partition coefficient (Wildman–Crippen LogP) is 2.36. The van der Waals surface area contributed by atoms with Gasteiger partial charge < -0.3 is 15.4 Å². The second-order valence-corrected chi connectivity index (χ2v) is 5.31. The number of amides is 1. The van der Waals surface area contributed by atoms with Crippen LogP contribution in [0.2, 0.25) is 0 Å². The van der Waals surface area contributed by atoms with Crippen LogP contribution in [0.15, 0.2) is 42.5 Å². The van der Waals surface area contributed by atoms with E-state index in [1.165, 1.54) is 5.56 Å². The first-order chi connectivity index (χ1) is 10.2. The lowest BCUT2D eigenvalue weighted by molar-refractivity contribution is -0.131. The zero-order chi connectivity index (χ0) is 14.8. The van der Waals surface area contributed by atoms with E-state index in [1.807, 2.05) is 47.4 Å². The van der Waals surface area contributed by atoms with E-state index in [9.17, 15) is 4.79 Å². The number of anilines is 1. The number of carbonyl (C=O) groups is 1. The zero-order valence-electron chi connectivity index (χ0n) is 12.0. The molecule has 4 heteroatoms. The van der Waals surface area contributed by atoms with Crippen molar-refractivity contribution >= 4 is 11.6 Å². The number of nitrogen functional groups attached to an aromatic ring is 1. The number of hydrogen-bond donors (Lipinski definition) is 1. The molecule has 0 unspecified atom stereocenters. The molecule has 108 valence electrons. The highest BCUT2D eigenvalue weighted by Crippen LogP contribution is 2.25. The van der Waals surface area contributed by atoms with E-state index in [0.717, 1.165) is 22.6 Å². The minimum Gasteiger partial charge on any atom is -0.497 e. The normalized spacial score (nSPS) is 13.1. The van der Waals surface area contributed by atoms with Crippen LogP contribution in [0, 0.1) is 0 Å². The van der Waals surface area contributed by atoms with Gasteiger partial charge in [0.1, 0.15) is 5.75 Å². The molecule has 2 aromatic carbocycles. The zero-order valence-corrected chi connectivity index (χ0v) is 12.0. The maximum Gasteiger partial charge on any atom is 0.227 e. The summed E-state index contributed by atoms with van der Waals surface area (Å²) in [5.74, 6) is 0.899. The van der Waals surface area contributed by atoms with Crippen molar-refractivity contribution in [2.75, 3.05) is 12.8 Å². The highest BCUT2D eigenvalue weighted by molar-refractivity contribution is 5.79. The number of rotatable bonds is 3. The maximum absolute atomic E-state index is 12.4. The van der Waals surface area contributed by atoms with Crippen LogP contribution in [0.3, 0.4) is 0 Å². The van der Waals surface area contributed by atoms with Gasteiger partial charge in [0.05, 0.1) is 13.5 Å². The third-order valence-corrected chi connectivity index (χ3v) is 3.79. The molecule has 0 saturated heterocycles. The molecule has 0 aliphatic carbocycles. The van der Waals surface area contributed by atoms with Crippen molar-refractivity contribution in [2.45, 2.75) is 19.5 Å². The molecule has 2 N–H and O–H groups in total. The Balaban J connectivity index is 1.70. The molecule has 3 rings (SSSR count). The highest BCUT2D eigenvalue weighted by atomic mass is 16.5. The molecule has 1 heterocycles. The molecule has 0 bridgehead atoms.